The number of rotatable bonds is 4. The third kappa shape index (κ3) is 2.88. The topological polar surface area (TPSA) is 35.3 Å². The highest BCUT2D eigenvalue weighted by Crippen LogP contribution is 2.23. The van der Waals surface area contributed by atoms with E-state index in [-0.39, 0.29) is 0 Å². The summed E-state index contributed by atoms with van der Waals surface area (Å²) in [7, 11) is 0. The third-order valence-electron chi connectivity index (χ3n) is 3.02. The van der Waals surface area contributed by atoms with Crippen molar-refractivity contribution in [1.82, 2.24) is 5.16 Å². The Kier molecular flexibility index (Phi) is 3.50. The second kappa shape index (κ2) is 5.61. The van der Waals surface area contributed by atoms with Gasteiger partial charge in [0, 0.05) is 11.6 Å². The first kappa shape index (κ1) is 12.5. The lowest BCUT2D eigenvalue weighted by molar-refractivity contribution is 0.306. The van der Waals surface area contributed by atoms with Crippen LogP contribution < -0.4 is 4.74 Å². The lowest BCUT2D eigenvalue weighted by Crippen LogP contribution is -1.94. The van der Waals surface area contributed by atoms with Crippen LogP contribution in [0.15, 0.2) is 65.2 Å². The largest absolute Gasteiger partial charge is 0.489 e. The maximum absolute atomic E-state index is 5.74. The molecular weight excluding hydrogens is 250 g/mol. The molecule has 0 unspecified atom stereocenters. The van der Waals surface area contributed by atoms with Crippen molar-refractivity contribution in [2.24, 2.45) is 0 Å². The zero-order valence-electron chi connectivity index (χ0n) is 11.2. The summed E-state index contributed by atoms with van der Waals surface area (Å²) in [5, 5.41) is 3.89. The van der Waals surface area contributed by atoms with Gasteiger partial charge in [0.15, 0.2) is 5.76 Å². The SMILES string of the molecule is Cc1cc(-c2ccc(OCc3ccccc3)cc2)on1. The molecule has 0 atom stereocenters. The van der Waals surface area contributed by atoms with Gasteiger partial charge in [-0.15, -0.1) is 0 Å². The first-order chi connectivity index (χ1) is 9.81. The molecule has 2 aromatic carbocycles. The van der Waals surface area contributed by atoms with Crippen molar-refractivity contribution in [3.63, 3.8) is 0 Å². The maximum atomic E-state index is 5.74. The van der Waals surface area contributed by atoms with Gasteiger partial charge in [0.05, 0.1) is 5.69 Å². The molecule has 0 saturated carbocycles. The van der Waals surface area contributed by atoms with E-state index >= 15 is 0 Å². The van der Waals surface area contributed by atoms with Gasteiger partial charge in [-0.1, -0.05) is 35.5 Å². The van der Waals surface area contributed by atoms with Crippen LogP contribution >= 0.6 is 0 Å². The Bertz CT molecular complexity index is 672. The quantitative estimate of drug-likeness (QED) is 0.708. The van der Waals surface area contributed by atoms with Crippen molar-refractivity contribution in [2.75, 3.05) is 0 Å². The molecule has 0 radical (unpaired) electrons. The fraction of sp³-hybridized carbons (Fsp3) is 0.118. The van der Waals surface area contributed by atoms with Crippen LogP contribution in [0, 0.1) is 6.92 Å². The molecule has 0 fully saturated rings. The molecule has 0 aliphatic carbocycles. The molecule has 3 aromatic rings. The Labute approximate surface area is 117 Å². The monoisotopic (exact) mass is 265 g/mol. The molecule has 0 aliphatic rings. The minimum absolute atomic E-state index is 0.571. The summed E-state index contributed by atoms with van der Waals surface area (Å²) in [6, 6.07) is 19.9. The number of aromatic nitrogens is 1. The highest BCUT2D eigenvalue weighted by Gasteiger charge is 2.04. The first-order valence-corrected chi connectivity index (χ1v) is 6.52. The number of nitrogens with zero attached hydrogens (tertiary/aromatic N) is 1. The zero-order valence-corrected chi connectivity index (χ0v) is 11.2. The van der Waals surface area contributed by atoms with Gasteiger partial charge in [-0.2, -0.15) is 0 Å². The third-order valence-corrected chi connectivity index (χ3v) is 3.02. The molecule has 3 rings (SSSR count). The van der Waals surface area contributed by atoms with Crippen molar-refractivity contribution < 1.29 is 9.26 Å². The van der Waals surface area contributed by atoms with Crippen LogP contribution in [0.5, 0.6) is 5.75 Å². The predicted octanol–water partition coefficient (Wildman–Crippen LogP) is 4.23. The summed E-state index contributed by atoms with van der Waals surface area (Å²) in [5.74, 6) is 1.62. The van der Waals surface area contributed by atoms with E-state index in [1.165, 1.54) is 0 Å². The van der Waals surface area contributed by atoms with Gasteiger partial charge in [-0.25, -0.2) is 0 Å². The van der Waals surface area contributed by atoms with Crippen LogP contribution in [0.25, 0.3) is 11.3 Å². The molecule has 0 amide bonds. The summed E-state index contributed by atoms with van der Waals surface area (Å²) in [4.78, 5) is 0. The second-order valence-electron chi connectivity index (χ2n) is 4.63. The lowest BCUT2D eigenvalue weighted by atomic mass is 10.1. The zero-order chi connectivity index (χ0) is 13.8. The molecular formula is C17H15NO2. The van der Waals surface area contributed by atoms with Crippen LogP contribution in [0.2, 0.25) is 0 Å². The Morgan fingerprint density at radius 1 is 1.00 bits per heavy atom. The Morgan fingerprint density at radius 2 is 1.75 bits per heavy atom. The maximum Gasteiger partial charge on any atom is 0.167 e. The van der Waals surface area contributed by atoms with E-state index in [1.807, 2.05) is 67.6 Å². The van der Waals surface area contributed by atoms with E-state index in [1.54, 1.807) is 0 Å². The van der Waals surface area contributed by atoms with Gasteiger partial charge >= 0.3 is 0 Å². The minimum Gasteiger partial charge on any atom is -0.489 e. The number of ether oxygens (including phenoxy) is 1. The summed E-state index contributed by atoms with van der Waals surface area (Å²) in [5.41, 5.74) is 3.03. The highest BCUT2D eigenvalue weighted by atomic mass is 16.5. The van der Waals surface area contributed by atoms with E-state index in [4.69, 9.17) is 9.26 Å². The number of aryl methyl sites for hydroxylation is 1. The van der Waals surface area contributed by atoms with Crippen LogP contribution in [0.1, 0.15) is 11.3 Å². The molecule has 0 spiro atoms. The Balaban J connectivity index is 1.67. The first-order valence-electron chi connectivity index (χ1n) is 6.52. The van der Waals surface area contributed by atoms with E-state index in [0.29, 0.717) is 6.61 Å². The minimum atomic E-state index is 0.571. The smallest absolute Gasteiger partial charge is 0.167 e. The van der Waals surface area contributed by atoms with Crippen LogP contribution in [0.4, 0.5) is 0 Å². The summed E-state index contributed by atoms with van der Waals surface area (Å²) < 4.78 is 11.0. The fourth-order valence-corrected chi connectivity index (χ4v) is 1.96. The second-order valence-corrected chi connectivity index (χ2v) is 4.63. The van der Waals surface area contributed by atoms with Crippen molar-refractivity contribution in [1.29, 1.82) is 0 Å². The molecule has 1 aromatic heterocycles. The van der Waals surface area contributed by atoms with Gasteiger partial charge in [0.25, 0.3) is 0 Å². The highest BCUT2D eigenvalue weighted by molar-refractivity contribution is 5.58. The van der Waals surface area contributed by atoms with Gasteiger partial charge in [0.2, 0.25) is 0 Å². The average Bonchev–Trinajstić information content (AvgIpc) is 2.93. The normalized spacial score (nSPS) is 10.4. The number of hydrogen-bond acceptors (Lipinski definition) is 3. The Hall–Kier alpha value is -2.55. The molecule has 3 heteroatoms. The summed E-state index contributed by atoms with van der Waals surface area (Å²) in [6.45, 7) is 2.48. The molecule has 0 N–H and O–H groups in total. The van der Waals surface area contributed by atoms with Gasteiger partial charge in [0.1, 0.15) is 12.4 Å². The number of hydrogen-bond donors (Lipinski definition) is 0. The predicted molar refractivity (Wildman–Crippen MR) is 77.5 cm³/mol. The Morgan fingerprint density at radius 3 is 2.40 bits per heavy atom. The van der Waals surface area contributed by atoms with Crippen molar-refractivity contribution in [3.05, 3.63) is 71.9 Å². The van der Waals surface area contributed by atoms with Crippen molar-refractivity contribution in [3.8, 4) is 17.1 Å². The van der Waals surface area contributed by atoms with E-state index < -0.39 is 0 Å². The fourth-order valence-electron chi connectivity index (χ4n) is 1.96. The average molecular weight is 265 g/mol. The standard InChI is InChI=1S/C17H15NO2/c1-13-11-17(20-18-13)15-7-9-16(10-8-15)19-12-14-5-3-2-4-6-14/h2-11H,12H2,1H3. The molecule has 0 bridgehead atoms. The van der Waals surface area contributed by atoms with Crippen molar-refractivity contribution in [2.45, 2.75) is 13.5 Å². The van der Waals surface area contributed by atoms with Gasteiger partial charge < -0.3 is 9.26 Å². The van der Waals surface area contributed by atoms with E-state index in [2.05, 4.69) is 5.16 Å². The van der Waals surface area contributed by atoms with Crippen LogP contribution in [-0.4, -0.2) is 5.16 Å². The lowest BCUT2D eigenvalue weighted by Gasteiger charge is -2.06. The van der Waals surface area contributed by atoms with Crippen LogP contribution in [0.3, 0.4) is 0 Å². The summed E-state index contributed by atoms with van der Waals surface area (Å²) >= 11 is 0. The van der Waals surface area contributed by atoms with Crippen molar-refractivity contribution >= 4 is 0 Å². The van der Waals surface area contributed by atoms with E-state index in [0.717, 1.165) is 28.3 Å². The molecule has 3 nitrogen and oxygen atoms in total. The molecule has 20 heavy (non-hydrogen) atoms. The molecule has 100 valence electrons. The van der Waals surface area contributed by atoms with Gasteiger partial charge in [-0.3, -0.25) is 0 Å². The molecule has 0 aliphatic heterocycles. The van der Waals surface area contributed by atoms with Gasteiger partial charge in [-0.05, 0) is 36.8 Å². The number of benzene rings is 2. The summed E-state index contributed by atoms with van der Waals surface area (Å²) in [6.07, 6.45) is 0. The molecule has 1 heterocycles. The van der Waals surface area contributed by atoms with Crippen LogP contribution in [-0.2, 0) is 6.61 Å². The molecule has 0 saturated heterocycles. The van der Waals surface area contributed by atoms with E-state index in [9.17, 15) is 0 Å².